The summed E-state index contributed by atoms with van der Waals surface area (Å²) in [6.07, 6.45) is 1.85. The van der Waals surface area contributed by atoms with Gasteiger partial charge in [-0.2, -0.15) is 0 Å². The number of benzene rings is 2. The largest absolute Gasteiger partial charge is 0.350 e. The Labute approximate surface area is 146 Å². The van der Waals surface area contributed by atoms with Gasteiger partial charge in [0.2, 0.25) is 5.91 Å². The number of carbonyl (C=O) groups excluding carboxylic acids is 1. The van der Waals surface area contributed by atoms with E-state index in [0.29, 0.717) is 6.54 Å². The standard InChI is InChI=1S/C21H19NOS/c23-20(22-15-17-9-6-14-24-17)21(12-13-21)19-11-5-4-10-18(19)16-7-2-1-3-8-16/h1-11,14H,12-13,15H2,(H,22,23). The van der Waals surface area contributed by atoms with Crippen molar-refractivity contribution in [3.63, 3.8) is 0 Å². The third kappa shape index (κ3) is 2.76. The lowest BCUT2D eigenvalue weighted by Crippen LogP contribution is -2.34. The molecule has 0 radical (unpaired) electrons. The molecule has 1 heterocycles. The number of nitrogens with one attached hydrogen (secondary N) is 1. The Bertz CT molecular complexity index is 835. The summed E-state index contributed by atoms with van der Waals surface area (Å²) < 4.78 is 0. The monoisotopic (exact) mass is 333 g/mol. The minimum absolute atomic E-state index is 0.152. The minimum atomic E-state index is -0.357. The lowest BCUT2D eigenvalue weighted by molar-refractivity contribution is -0.123. The number of amides is 1. The predicted octanol–water partition coefficient (Wildman–Crippen LogP) is 4.76. The molecule has 0 aliphatic heterocycles. The van der Waals surface area contributed by atoms with Gasteiger partial charge in [0.1, 0.15) is 0 Å². The van der Waals surface area contributed by atoms with Gasteiger partial charge in [-0.25, -0.2) is 0 Å². The fraction of sp³-hybridized carbons (Fsp3) is 0.190. The zero-order chi connectivity index (χ0) is 16.4. The molecule has 1 aromatic heterocycles. The van der Waals surface area contributed by atoms with Crippen LogP contribution in [0.3, 0.4) is 0 Å². The molecule has 1 fully saturated rings. The molecule has 0 unspecified atom stereocenters. The van der Waals surface area contributed by atoms with Gasteiger partial charge in [0.05, 0.1) is 12.0 Å². The average Bonchev–Trinajstić information content (AvgIpc) is 3.29. The minimum Gasteiger partial charge on any atom is -0.350 e. The highest BCUT2D eigenvalue weighted by atomic mass is 32.1. The maximum atomic E-state index is 12.9. The van der Waals surface area contributed by atoms with E-state index in [1.165, 1.54) is 16.0 Å². The number of carbonyl (C=O) groups is 1. The molecule has 3 heteroatoms. The zero-order valence-electron chi connectivity index (χ0n) is 13.4. The van der Waals surface area contributed by atoms with Crippen LogP contribution < -0.4 is 5.32 Å². The first-order valence-electron chi connectivity index (χ1n) is 8.25. The van der Waals surface area contributed by atoms with E-state index in [4.69, 9.17) is 0 Å². The fourth-order valence-corrected chi connectivity index (χ4v) is 3.91. The number of hydrogen-bond acceptors (Lipinski definition) is 2. The van der Waals surface area contributed by atoms with Crippen LogP contribution in [-0.2, 0) is 16.8 Å². The molecule has 1 amide bonds. The molecule has 0 saturated heterocycles. The van der Waals surface area contributed by atoms with Crippen molar-refractivity contribution in [3.8, 4) is 11.1 Å². The Balaban J connectivity index is 1.62. The van der Waals surface area contributed by atoms with Crippen molar-refractivity contribution in [3.05, 3.63) is 82.6 Å². The molecule has 120 valence electrons. The lowest BCUT2D eigenvalue weighted by Gasteiger charge is -2.19. The summed E-state index contributed by atoms with van der Waals surface area (Å²) in [6, 6.07) is 22.7. The predicted molar refractivity (Wildman–Crippen MR) is 99.0 cm³/mol. The van der Waals surface area contributed by atoms with Crippen LogP contribution in [0.5, 0.6) is 0 Å². The number of hydrogen-bond donors (Lipinski definition) is 1. The molecule has 2 nitrogen and oxygen atoms in total. The second-order valence-corrected chi connectivity index (χ2v) is 7.29. The van der Waals surface area contributed by atoms with E-state index in [2.05, 4.69) is 35.6 Å². The highest BCUT2D eigenvalue weighted by Gasteiger charge is 2.52. The maximum absolute atomic E-state index is 12.9. The smallest absolute Gasteiger partial charge is 0.230 e. The Kier molecular flexibility index (Phi) is 3.95. The van der Waals surface area contributed by atoms with Crippen LogP contribution >= 0.6 is 11.3 Å². The lowest BCUT2D eigenvalue weighted by atomic mass is 9.87. The molecular formula is C21H19NOS. The maximum Gasteiger partial charge on any atom is 0.230 e. The normalized spacial score (nSPS) is 15.0. The van der Waals surface area contributed by atoms with E-state index >= 15 is 0 Å². The number of thiophene rings is 1. The third-order valence-electron chi connectivity index (χ3n) is 4.72. The molecule has 1 saturated carbocycles. The van der Waals surface area contributed by atoms with E-state index in [9.17, 15) is 4.79 Å². The molecule has 3 aromatic rings. The molecule has 4 rings (SSSR count). The Morgan fingerprint density at radius 3 is 2.42 bits per heavy atom. The van der Waals surface area contributed by atoms with Gasteiger partial charge in [-0.3, -0.25) is 4.79 Å². The molecule has 1 aliphatic rings. The van der Waals surface area contributed by atoms with Gasteiger partial charge < -0.3 is 5.32 Å². The first-order chi connectivity index (χ1) is 11.8. The molecule has 0 bridgehead atoms. The SMILES string of the molecule is O=C(NCc1cccs1)C1(c2ccccc2-c2ccccc2)CC1. The molecule has 0 spiro atoms. The summed E-state index contributed by atoms with van der Waals surface area (Å²) in [5, 5.41) is 5.18. The summed E-state index contributed by atoms with van der Waals surface area (Å²) in [5.41, 5.74) is 3.14. The highest BCUT2D eigenvalue weighted by molar-refractivity contribution is 7.09. The molecule has 1 aliphatic carbocycles. The molecule has 0 atom stereocenters. The average molecular weight is 333 g/mol. The van der Waals surface area contributed by atoms with Crippen molar-refractivity contribution in [2.24, 2.45) is 0 Å². The van der Waals surface area contributed by atoms with Crippen LogP contribution in [0.1, 0.15) is 23.3 Å². The summed E-state index contributed by atoms with van der Waals surface area (Å²) in [7, 11) is 0. The highest BCUT2D eigenvalue weighted by Crippen LogP contribution is 2.51. The van der Waals surface area contributed by atoms with Crippen LogP contribution in [0.2, 0.25) is 0 Å². The van der Waals surface area contributed by atoms with Crippen molar-refractivity contribution in [1.29, 1.82) is 0 Å². The van der Waals surface area contributed by atoms with Crippen LogP contribution in [0, 0.1) is 0 Å². The molecular weight excluding hydrogens is 314 g/mol. The van der Waals surface area contributed by atoms with Crippen molar-refractivity contribution >= 4 is 17.2 Å². The summed E-state index contributed by atoms with van der Waals surface area (Å²) in [5.74, 6) is 0.152. The van der Waals surface area contributed by atoms with E-state index in [1.807, 2.05) is 41.8 Å². The van der Waals surface area contributed by atoms with Gasteiger partial charge in [-0.15, -0.1) is 11.3 Å². The quantitative estimate of drug-likeness (QED) is 0.716. The third-order valence-corrected chi connectivity index (χ3v) is 5.59. The van der Waals surface area contributed by atoms with Gasteiger partial charge >= 0.3 is 0 Å². The first kappa shape index (κ1) is 15.2. The van der Waals surface area contributed by atoms with E-state index in [1.54, 1.807) is 11.3 Å². The summed E-state index contributed by atoms with van der Waals surface area (Å²) >= 11 is 1.68. The molecule has 1 N–H and O–H groups in total. The van der Waals surface area contributed by atoms with E-state index in [-0.39, 0.29) is 11.3 Å². The second-order valence-electron chi connectivity index (χ2n) is 6.26. The van der Waals surface area contributed by atoms with Crippen LogP contribution in [0.4, 0.5) is 0 Å². The van der Waals surface area contributed by atoms with Crippen molar-refractivity contribution in [2.75, 3.05) is 0 Å². The fourth-order valence-electron chi connectivity index (χ4n) is 3.26. The molecule has 24 heavy (non-hydrogen) atoms. The van der Waals surface area contributed by atoms with Gasteiger partial charge in [-0.1, -0.05) is 60.7 Å². The first-order valence-corrected chi connectivity index (χ1v) is 9.13. The van der Waals surface area contributed by atoms with Gasteiger partial charge in [0.15, 0.2) is 0 Å². The van der Waals surface area contributed by atoms with Crippen molar-refractivity contribution in [2.45, 2.75) is 24.8 Å². The van der Waals surface area contributed by atoms with Gasteiger partial charge in [-0.05, 0) is 41.0 Å². The van der Waals surface area contributed by atoms with Gasteiger partial charge in [0, 0.05) is 4.88 Å². The second kappa shape index (κ2) is 6.25. The van der Waals surface area contributed by atoms with Gasteiger partial charge in [0.25, 0.3) is 0 Å². The van der Waals surface area contributed by atoms with Crippen molar-refractivity contribution in [1.82, 2.24) is 5.32 Å². The van der Waals surface area contributed by atoms with Crippen LogP contribution in [0.25, 0.3) is 11.1 Å². The summed E-state index contributed by atoms with van der Waals surface area (Å²) in [4.78, 5) is 14.1. The van der Waals surface area contributed by atoms with E-state index < -0.39 is 0 Å². The Morgan fingerprint density at radius 1 is 0.958 bits per heavy atom. The van der Waals surface area contributed by atoms with E-state index in [0.717, 1.165) is 18.4 Å². The Hall–Kier alpha value is -2.39. The van der Waals surface area contributed by atoms with Crippen LogP contribution in [0.15, 0.2) is 72.1 Å². The van der Waals surface area contributed by atoms with Crippen molar-refractivity contribution < 1.29 is 4.79 Å². The van der Waals surface area contributed by atoms with Crippen LogP contribution in [-0.4, -0.2) is 5.91 Å². The number of rotatable bonds is 5. The topological polar surface area (TPSA) is 29.1 Å². The zero-order valence-corrected chi connectivity index (χ0v) is 14.2. The Morgan fingerprint density at radius 2 is 1.71 bits per heavy atom. The molecule has 2 aromatic carbocycles. The summed E-state index contributed by atoms with van der Waals surface area (Å²) in [6.45, 7) is 0.617.